The van der Waals surface area contributed by atoms with Gasteiger partial charge in [-0.05, 0) is 25.1 Å². The third kappa shape index (κ3) is 4.25. The lowest BCUT2D eigenvalue weighted by molar-refractivity contribution is 0.114. The lowest BCUT2D eigenvalue weighted by atomic mass is 10.2. The maximum absolute atomic E-state index is 5.54. The van der Waals surface area contributed by atoms with E-state index in [0.29, 0.717) is 16.6 Å². The summed E-state index contributed by atoms with van der Waals surface area (Å²) in [6.45, 7) is 1.58. The van der Waals surface area contributed by atoms with Gasteiger partial charge in [0.1, 0.15) is 11.5 Å². The highest BCUT2D eigenvalue weighted by Gasteiger charge is 2.15. The van der Waals surface area contributed by atoms with Crippen LogP contribution in [0.4, 0.5) is 5.69 Å². The van der Waals surface area contributed by atoms with Gasteiger partial charge in [-0.15, -0.1) is 0 Å². The molecule has 0 spiro atoms. The first-order valence-electron chi connectivity index (χ1n) is 6.61. The van der Waals surface area contributed by atoms with Crippen molar-refractivity contribution in [1.29, 1.82) is 0 Å². The van der Waals surface area contributed by atoms with Crippen molar-refractivity contribution in [2.45, 2.75) is 18.9 Å². The van der Waals surface area contributed by atoms with E-state index < -0.39 is 0 Å². The zero-order chi connectivity index (χ0) is 14.4. The van der Waals surface area contributed by atoms with Crippen molar-refractivity contribution in [3.05, 3.63) is 18.2 Å². The fourth-order valence-electron chi connectivity index (χ4n) is 2.07. The highest BCUT2D eigenvalue weighted by atomic mass is 32.1. The number of anilines is 1. The normalized spacial score (nSPS) is 17.6. The minimum Gasteiger partial charge on any atom is -0.497 e. The van der Waals surface area contributed by atoms with Crippen LogP contribution in [0.5, 0.6) is 11.5 Å². The summed E-state index contributed by atoms with van der Waals surface area (Å²) in [7, 11) is 3.24. The summed E-state index contributed by atoms with van der Waals surface area (Å²) in [5.74, 6) is 1.43. The Kier molecular flexibility index (Phi) is 5.43. The Labute approximate surface area is 124 Å². The number of thiocarbonyl (C=S) groups is 1. The van der Waals surface area contributed by atoms with Crippen LogP contribution in [0, 0.1) is 0 Å². The molecule has 1 fully saturated rings. The molecule has 0 amide bonds. The maximum atomic E-state index is 5.54. The number of nitrogens with one attached hydrogen (secondary N) is 2. The van der Waals surface area contributed by atoms with Gasteiger partial charge in [-0.3, -0.25) is 0 Å². The van der Waals surface area contributed by atoms with E-state index in [4.69, 9.17) is 26.4 Å². The molecule has 0 saturated carbocycles. The third-order valence-electron chi connectivity index (χ3n) is 3.12. The summed E-state index contributed by atoms with van der Waals surface area (Å²) in [5, 5.41) is 6.85. The van der Waals surface area contributed by atoms with Gasteiger partial charge in [0.2, 0.25) is 0 Å². The van der Waals surface area contributed by atoms with Crippen LogP contribution in [-0.4, -0.2) is 38.6 Å². The molecule has 1 aromatic carbocycles. The SMILES string of the molecule is COc1cc(NC(=S)NC[C@@H]2CCCO2)cc(OC)c1. The van der Waals surface area contributed by atoms with Gasteiger partial charge in [0, 0.05) is 37.0 Å². The molecule has 0 bridgehead atoms. The predicted molar refractivity (Wildman–Crippen MR) is 82.7 cm³/mol. The average molecular weight is 296 g/mol. The molecule has 2 N–H and O–H groups in total. The molecule has 20 heavy (non-hydrogen) atoms. The Hall–Kier alpha value is -1.53. The Morgan fingerprint density at radius 2 is 2.00 bits per heavy atom. The zero-order valence-corrected chi connectivity index (χ0v) is 12.6. The molecule has 2 rings (SSSR count). The number of hydrogen-bond donors (Lipinski definition) is 2. The van der Waals surface area contributed by atoms with Crippen LogP contribution < -0.4 is 20.1 Å². The quantitative estimate of drug-likeness (QED) is 0.812. The lowest BCUT2D eigenvalue weighted by Crippen LogP contribution is -2.34. The summed E-state index contributed by atoms with van der Waals surface area (Å²) in [6, 6.07) is 5.54. The standard InChI is InChI=1S/C14H20N2O3S/c1-17-12-6-10(7-13(8-12)18-2)16-14(20)15-9-11-4-3-5-19-11/h6-8,11H,3-5,9H2,1-2H3,(H2,15,16,20)/t11-/m0/s1. The molecule has 0 unspecified atom stereocenters. The number of benzene rings is 1. The first-order valence-corrected chi connectivity index (χ1v) is 7.01. The van der Waals surface area contributed by atoms with Gasteiger partial charge in [-0.25, -0.2) is 0 Å². The molecule has 1 aromatic rings. The second kappa shape index (κ2) is 7.31. The molecule has 0 aromatic heterocycles. The Morgan fingerprint density at radius 3 is 2.55 bits per heavy atom. The van der Waals surface area contributed by atoms with Crippen molar-refractivity contribution >= 4 is 23.0 Å². The van der Waals surface area contributed by atoms with E-state index in [1.54, 1.807) is 14.2 Å². The molecule has 0 aliphatic carbocycles. The summed E-state index contributed by atoms with van der Waals surface area (Å²) >= 11 is 5.27. The second-order valence-electron chi connectivity index (χ2n) is 4.57. The van der Waals surface area contributed by atoms with Crippen molar-refractivity contribution in [3.63, 3.8) is 0 Å². The molecule has 1 atom stereocenters. The van der Waals surface area contributed by atoms with Crippen molar-refractivity contribution in [2.24, 2.45) is 0 Å². The van der Waals surface area contributed by atoms with Crippen LogP contribution in [0.15, 0.2) is 18.2 Å². The van der Waals surface area contributed by atoms with Crippen LogP contribution in [0.1, 0.15) is 12.8 Å². The summed E-state index contributed by atoms with van der Waals surface area (Å²) in [4.78, 5) is 0. The minimum absolute atomic E-state index is 0.259. The van der Waals surface area contributed by atoms with Gasteiger partial charge >= 0.3 is 0 Å². The van der Waals surface area contributed by atoms with Gasteiger partial charge in [-0.1, -0.05) is 0 Å². The molecular weight excluding hydrogens is 276 g/mol. The molecular formula is C14H20N2O3S. The number of rotatable bonds is 5. The van der Waals surface area contributed by atoms with Gasteiger partial charge in [-0.2, -0.15) is 0 Å². The monoisotopic (exact) mass is 296 g/mol. The van der Waals surface area contributed by atoms with Crippen LogP contribution in [0.25, 0.3) is 0 Å². The van der Waals surface area contributed by atoms with E-state index in [0.717, 1.165) is 31.7 Å². The molecule has 6 heteroatoms. The number of ether oxygens (including phenoxy) is 3. The summed E-state index contributed by atoms with van der Waals surface area (Å²) < 4.78 is 16.0. The molecule has 1 aliphatic rings. The fraction of sp³-hybridized carbons (Fsp3) is 0.500. The first kappa shape index (κ1) is 14.9. The molecule has 1 heterocycles. The highest BCUT2D eigenvalue weighted by Crippen LogP contribution is 2.25. The Bertz CT molecular complexity index is 439. The molecule has 110 valence electrons. The van der Waals surface area contributed by atoms with Gasteiger partial charge < -0.3 is 24.8 Å². The Morgan fingerprint density at radius 1 is 1.30 bits per heavy atom. The highest BCUT2D eigenvalue weighted by molar-refractivity contribution is 7.80. The predicted octanol–water partition coefficient (Wildman–Crippen LogP) is 2.17. The summed E-state index contributed by atoms with van der Waals surface area (Å²) in [6.07, 6.45) is 2.47. The van der Waals surface area contributed by atoms with E-state index in [1.165, 1.54) is 0 Å². The van der Waals surface area contributed by atoms with Crippen LogP contribution >= 0.6 is 12.2 Å². The molecule has 5 nitrogen and oxygen atoms in total. The van der Waals surface area contributed by atoms with Crippen molar-refractivity contribution in [1.82, 2.24) is 5.32 Å². The maximum Gasteiger partial charge on any atom is 0.170 e. The molecule has 1 aliphatic heterocycles. The van der Waals surface area contributed by atoms with Crippen LogP contribution in [0.3, 0.4) is 0 Å². The third-order valence-corrected chi connectivity index (χ3v) is 3.37. The topological polar surface area (TPSA) is 51.8 Å². The molecule has 0 radical (unpaired) electrons. The zero-order valence-electron chi connectivity index (χ0n) is 11.8. The van der Waals surface area contributed by atoms with Crippen molar-refractivity contribution in [3.8, 4) is 11.5 Å². The van der Waals surface area contributed by atoms with E-state index >= 15 is 0 Å². The molecule has 1 saturated heterocycles. The van der Waals surface area contributed by atoms with Crippen molar-refractivity contribution < 1.29 is 14.2 Å². The summed E-state index contributed by atoms with van der Waals surface area (Å²) in [5.41, 5.74) is 0.825. The largest absolute Gasteiger partial charge is 0.497 e. The van der Waals surface area contributed by atoms with Crippen molar-refractivity contribution in [2.75, 3.05) is 32.7 Å². The van der Waals surface area contributed by atoms with E-state index in [9.17, 15) is 0 Å². The smallest absolute Gasteiger partial charge is 0.170 e. The van der Waals surface area contributed by atoms with Gasteiger partial charge in [0.15, 0.2) is 5.11 Å². The van der Waals surface area contributed by atoms with E-state index in [-0.39, 0.29) is 6.10 Å². The van der Waals surface area contributed by atoms with Crippen LogP contribution in [0.2, 0.25) is 0 Å². The second-order valence-corrected chi connectivity index (χ2v) is 4.98. The minimum atomic E-state index is 0.259. The van der Waals surface area contributed by atoms with Gasteiger partial charge in [0.25, 0.3) is 0 Å². The van der Waals surface area contributed by atoms with Gasteiger partial charge in [0.05, 0.1) is 20.3 Å². The number of hydrogen-bond acceptors (Lipinski definition) is 4. The van der Waals surface area contributed by atoms with Crippen LogP contribution in [-0.2, 0) is 4.74 Å². The lowest BCUT2D eigenvalue weighted by Gasteiger charge is -2.15. The Balaban J connectivity index is 1.89. The average Bonchev–Trinajstić information content (AvgIpc) is 2.98. The first-order chi connectivity index (χ1) is 9.71. The number of methoxy groups -OCH3 is 2. The van der Waals surface area contributed by atoms with E-state index in [1.807, 2.05) is 18.2 Å². The fourth-order valence-corrected chi connectivity index (χ4v) is 2.27. The van der Waals surface area contributed by atoms with E-state index in [2.05, 4.69) is 10.6 Å².